The summed E-state index contributed by atoms with van der Waals surface area (Å²) in [5.74, 6) is -1.03. The summed E-state index contributed by atoms with van der Waals surface area (Å²) in [6.07, 6.45) is 0. The summed E-state index contributed by atoms with van der Waals surface area (Å²) in [6, 6.07) is 7.88. The molecule has 3 aromatic rings. The molecule has 2 aromatic heterocycles. The fourth-order valence-electron chi connectivity index (χ4n) is 4.17. The van der Waals surface area contributed by atoms with Crippen LogP contribution in [0.15, 0.2) is 24.3 Å². The van der Waals surface area contributed by atoms with Gasteiger partial charge in [-0.15, -0.1) is 11.3 Å². The minimum absolute atomic E-state index is 0.160. The molecule has 0 unspecified atom stereocenters. The second-order valence-corrected chi connectivity index (χ2v) is 8.67. The number of esters is 1. The van der Waals surface area contributed by atoms with Crippen LogP contribution in [0.3, 0.4) is 0 Å². The Morgan fingerprint density at radius 3 is 2.30 bits per heavy atom. The van der Waals surface area contributed by atoms with E-state index in [1.165, 1.54) is 0 Å². The van der Waals surface area contributed by atoms with Gasteiger partial charge in [-0.05, 0) is 58.7 Å². The molecule has 0 aliphatic rings. The van der Waals surface area contributed by atoms with Gasteiger partial charge in [-0.25, -0.2) is 4.79 Å². The maximum absolute atomic E-state index is 13.5. The number of nitrogens with one attached hydrogen (secondary N) is 1. The molecular formula is C25H31N3O4S. The summed E-state index contributed by atoms with van der Waals surface area (Å²) >= 11 is 1.12. The van der Waals surface area contributed by atoms with Gasteiger partial charge in [-0.1, -0.05) is 18.2 Å². The first-order valence-corrected chi connectivity index (χ1v) is 12.1. The molecule has 33 heavy (non-hydrogen) atoms. The quantitative estimate of drug-likeness (QED) is 0.457. The van der Waals surface area contributed by atoms with Gasteiger partial charge >= 0.3 is 5.97 Å². The van der Waals surface area contributed by atoms with Gasteiger partial charge in [0.1, 0.15) is 10.7 Å². The molecule has 0 saturated carbocycles. The van der Waals surface area contributed by atoms with E-state index in [2.05, 4.69) is 5.32 Å². The fourth-order valence-corrected chi connectivity index (χ4v) is 5.33. The summed E-state index contributed by atoms with van der Waals surface area (Å²) in [5.41, 5.74) is 3.15. The first kappa shape index (κ1) is 24.5. The van der Waals surface area contributed by atoms with Gasteiger partial charge in [0, 0.05) is 30.5 Å². The number of anilines is 1. The molecule has 0 saturated heterocycles. The largest absolute Gasteiger partial charge is 0.462 e. The van der Waals surface area contributed by atoms with E-state index >= 15 is 0 Å². The number of benzene rings is 1. The van der Waals surface area contributed by atoms with E-state index < -0.39 is 5.97 Å². The Balaban J connectivity index is 2.09. The Kier molecular flexibility index (Phi) is 7.58. The third-order valence-electron chi connectivity index (χ3n) is 5.85. The predicted molar refractivity (Wildman–Crippen MR) is 133 cm³/mol. The van der Waals surface area contributed by atoms with Crippen LogP contribution in [0, 0.1) is 13.8 Å². The number of carbonyl (C=O) groups is 3. The highest BCUT2D eigenvalue weighted by Gasteiger charge is 2.29. The predicted octanol–water partition coefficient (Wildman–Crippen LogP) is 5.25. The van der Waals surface area contributed by atoms with Gasteiger partial charge < -0.3 is 19.5 Å². The van der Waals surface area contributed by atoms with E-state index in [9.17, 15) is 14.4 Å². The number of fused-ring (bicyclic) bond motifs is 1. The van der Waals surface area contributed by atoms with Gasteiger partial charge in [0.2, 0.25) is 0 Å². The molecule has 176 valence electrons. The maximum Gasteiger partial charge on any atom is 0.341 e. The normalized spacial score (nSPS) is 11.0. The van der Waals surface area contributed by atoms with Crippen molar-refractivity contribution in [3.63, 3.8) is 0 Å². The fraction of sp³-hybridized carbons (Fsp3) is 0.400. The second-order valence-electron chi connectivity index (χ2n) is 7.65. The van der Waals surface area contributed by atoms with Crippen LogP contribution in [0.4, 0.5) is 5.00 Å². The molecule has 2 heterocycles. The summed E-state index contributed by atoms with van der Waals surface area (Å²) in [4.78, 5) is 41.5. The summed E-state index contributed by atoms with van der Waals surface area (Å²) < 4.78 is 7.21. The van der Waals surface area contributed by atoms with Gasteiger partial charge in [0.05, 0.1) is 17.0 Å². The smallest absolute Gasteiger partial charge is 0.341 e. The Labute approximate surface area is 198 Å². The lowest BCUT2D eigenvalue weighted by Crippen LogP contribution is -2.30. The molecule has 3 rings (SSSR count). The van der Waals surface area contributed by atoms with Crippen molar-refractivity contribution >= 4 is 45.0 Å². The average molecular weight is 470 g/mol. The number of hydrogen-bond donors (Lipinski definition) is 1. The molecule has 1 N–H and O–H groups in total. The van der Waals surface area contributed by atoms with Crippen LogP contribution < -0.4 is 5.32 Å². The van der Waals surface area contributed by atoms with Crippen molar-refractivity contribution < 1.29 is 19.1 Å². The number of para-hydroxylation sites is 1. The number of nitrogens with zero attached hydrogens (tertiary/aromatic N) is 2. The van der Waals surface area contributed by atoms with Crippen molar-refractivity contribution in [1.82, 2.24) is 9.47 Å². The maximum atomic E-state index is 13.5. The summed E-state index contributed by atoms with van der Waals surface area (Å²) in [7, 11) is 0. The van der Waals surface area contributed by atoms with Gasteiger partial charge in [-0.3, -0.25) is 9.59 Å². The molecule has 1 aromatic carbocycles. The molecule has 7 nitrogen and oxygen atoms in total. The van der Waals surface area contributed by atoms with Crippen LogP contribution in [-0.4, -0.2) is 46.9 Å². The van der Waals surface area contributed by atoms with Gasteiger partial charge in [-0.2, -0.15) is 0 Å². The van der Waals surface area contributed by atoms with Crippen molar-refractivity contribution in [3.8, 4) is 0 Å². The molecular weight excluding hydrogens is 438 g/mol. The van der Waals surface area contributed by atoms with Crippen molar-refractivity contribution in [2.24, 2.45) is 0 Å². The zero-order valence-corrected chi connectivity index (χ0v) is 20.9. The van der Waals surface area contributed by atoms with Crippen molar-refractivity contribution in [2.75, 3.05) is 25.0 Å². The number of aryl methyl sites for hydroxylation is 2. The summed E-state index contributed by atoms with van der Waals surface area (Å²) in [6.45, 7) is 13.1. The Morgan fingerprint density at radius 1 is 1.03 bits per heavy atom. The van der Waals surface area contributed by atoms with Crippen LogP contribution in [0.25, 0.3) is 10.9 Å². The highest BCUT2D eigenvalue weighted by atomic mass is 32.1. The van der Waals surface area contributed by atoms with E-state index in [1.54, 1.807) is 18.7 Å². The third kappa shape index (κ3) is 4.39. The number of amides is 2. The number of hydrogen-bond acceptors (Lipinski definition) is 5. The first-order chi connectivity index (χ1) is 15.8. The van der Waals surface area contributed by atoms with Crippen LogP contribution >= 0.6 is 11.3 Å². The molecule has 0 atom stereocenters. The van der Waals surface area contributed by atoms with Crippen LogP contribution in [0.1, 0.15) is 69.3 Å². The average Bonchev–Trinajstić information content (AvgIpc) is 3.28. The molecule has 0 aliphatic carbocycles. The van der Waals surface area contributed by atoms with Crippen molar-refractivity contribution in [2.45, 2.75) is 48.1 Å². The second kappa shape index (κ2) is 10.2. The third-order valence-corrected chi connectivity index (χ3v) is 7.05. The van der Waals surface area contributed by atoms with E-state index in [1.807, 2.05) is 56.5 Å². The highest BCUT2D eigenvalue weighted by molar-refractivity contribution is 7.18. The number of thiophene rings is 1. The zero-order chi connectivity index (χ0) is 24.3. The van der Waals surface area contributed by atoms with E-state index in [0.717, 1.165) is 27.8 Å². The topological polar surface area (TPSA) is 80.6 Å². The van der Waals surface area contributed by atoms with Crippen molar-refractivity contribution in [3.05, 3.63) is 51.5 Å². The molecule has 0 aliphatic heterocycles. The highest BCUT2D eigenvalue weighted by Crippen LogP contribution is 2.36. The van der Waals surface area contributed by atoms with Crippen molar-refractivity contribution in [1.29, 1.82) is 0 Å². The van der Waals surface area contributed by atoms with Crippen LogP contribution in [-0.2, 0) is 11.3 Å². The number of rotatable bonds is 8. The lowest BCUT2D eigenvalue weighted by atomic mass is 10.1. The Bertz CT molecular complexity index is 1200. The monoisotopic (exact) mass is 469 g/mol. The zero-order valence-electron chi connectivity index (χ0n) is 20.1. The van der Waals surface area contributed by atoms with Gasteiger partial charge in [0.15, 0.2) is 0 Å². The number of ether oxygens (including phenoxy) is 1. The van der Waals surface area contributed by atoms with E-state index in [-0.39, 0.29) is 24.0 Å². The van der Waals surface area contributed by atoms with E-state index in [4.69, 9.17) is 4.74 Å². The number of carbonyl (C=O) groups excluding carboxylic acids is 3. The lowest BCUT2D eigenvalue weighted by molar-refractivity contribution is 0.0527. The molecule has 0 radical (unpaired) electrons. The molecule has 8 heteroatoms. The minimum Gasteiger partial charge on any atom is -0.462 e. The van der Waals surface area contributed by atoms with Gasteiger partial charge in [0.25, 0.3) is 11.8 Å². The minimum atomic E-state index is -0.548. The molecule has 2 amide bonds. The lowest BCUT2D eigenvalue weighted by Gasteiger charge is -2.18. The van der Waals surface area contributed by atoms with Crippen LogP contribution in [0.2, 0.25) is 0 Å². The molecule has 0 fully saturated rings. The van der Waals surface area contributed by atoms with Crippen LogP contribution in [0.5, 0.6) is 0 Å². The summed E-state index contributed by atoms with van der Waals surface area (Å²) in [5, 5.41) is 4.26. The van der Waals surface area contributed by atoms with E-state index in [0.29, 0.717) is 40.8 Å². The Morgan fingerprint density at radius 2 is 1.70 bits per heavy atom. The molecule has 0 bridgehead atoms. The SMILES string of the molecule is CCOC(=O)c1c(NC(=O)c2c(C)c3ccccc3n2CC)sc(C(=O)N(CC)CC)c1C. The first-order valence-electron chi connectivity index (χ1n) is 11.3. The molecule has 0 spiro atoms. The standard InChI is InChI=1S/C25H31N3O4S/c1-7-27(8-2)24(30)21-16(6)19(25(31)32-10-4)23(33-21)26-22(29)20-15(5)17-13-11-12-14-18(17)28(20)9-3/h11-14H,7-10H2,1-6H3,(H,26,29). The Hall–Kier alpha value is -3.13. The number of aromatic nitrogens is 1.